The topological polar surface area (TPSA) is 103 Å². The number of carbonyl (C=O) groups is 1. The Balaban J connectivity index is 1.60. The number of rotatable bonds is 9. The lowest BCUT2D eigenvalue weighted by atomic mass is 10.0. The van der Waals surface area contributed by atoms with E-state index in [9.17, 15) is 9.18 Å². The third-order valence-electron chi connectivity index (χ3n) is 6.35. The van der Waals surface area contributed by atoms with Crippen LogP contribution in [0.4, 0.5) is 10.3 Å². The molecule has 1 aromatic carbocycles. The second-order valence-electron chi connectivity index (χ2n) is 8.71. The Morgan fingerprint density at radius 3 is 2.84 bits per heavy atom. The van der Waals surface area contributed by atoms with Crippen molar-refractivity contribution in [2.75, 3.05) is 25.1 Å². The summed E-state index contributed by atoms with van der Waals surface area (Å²) < 4.78 is 27.3. The van der Waals surface area contributed by atoms with E-state index in [1.807, 2.05) is 26.0 Å². The standard InChI is InChI=1S/C27H29FN6O3/c1-4-29-14-22-17(7-6-16(3)33-22)20-13-31-27(34-15-32-24(25(20)34)26(35)36-5-2)30-12-19-18-10-11-37-23(18)9-8-21(19)28/h6-9,13,15,29H,4-5,10-12,14H2,1-3H3,(H,30,31). The molecule has 0 unspecified atom stereocenters. The molecule has 10 heteroatoms. The fraction of sp³-hybridized carbons (Fsp3) is 0.333. The number of halogens is 1. The van der Waals surface area contributed by atoms with Gasteiger partial charge in [0.25, 0.3) is 0 Å². The third-order valence-corrected chi connectivity index (χ3v) is 6.35. The van der Waals surface area contributed by atoms with E-state index in [1.54, 1.807) is 23.6 Å². The Kier molecular flexibility index (Phi) is 7.00. The zero-order valence-corrected chi connectivity index (χ0v) is 21.1. The van der Waals surface area contributed by atoms with Crippen LogP contribution >= 0.6 is 0 Å². The monoisotopic (exact) mass is 504 g/mol. The zero-order chi connectivity index (χ0) is 25.9. The number of esters is 1. The Labute approximate surface area is 214 Å². The van der Waals surface area contributed by atoms with E-state index in [0.29, 0.717) is 47.9 Å². The van der Waals surface area contributed by atoms with Gasteiger partial charge in [0.05, 0.1) is 24.4 Å². The lowest BCUT2D eigenvalue weighted by Gasteiger charge is -2.15. The van der Waals surface area contributed by atoms with Crippen LogP contribution in [0.5, 0.6) is 5.75 Å². The molecule has 3 aromatic heterocycles. The maximum atomic E-state index is 14.7. The number of anilines is 1. The summed E-state index contributed by atoms with van der Waals surface area (Å²) in [4.78, 5) is 26.6. The van der Waals surface area contributed by atoms with Crippen molar-refractivity contribution >= 4 is 17.4 Å². The first-order chi connectivity index (χ1) is 18.0. The van der Waals surface area contributed by atoms with Crippen LogP contribution in [0.2, 0.25) is 0 Å². The first kappa shape index (κ1) is 24.6. The molecule has 1 aliphatic rings. The molecule has 0 amide bonds. The van der Waals surface area contributed by atoms with Gasteiger partial charge in [-0.1, -0.05) is 13.0 Å². The normalized spacial score (nSPS) is 12.4. The predicted molar refractivity (Wildman–Crippen MR) is 137 cm³/mol. The number of carbonyl (C=O) groups excluding carboxylic acids is 1. The number of nitrogens with zero attached hydrogens (tertiary/aromatic N) is 4. The van der Waals surface area contributed by atoms with E-state index < -0.39 is 5.97 Å². The number of pyridine rings is 1. The maximum Gasteiger partial charge on any atom is 0.359 e. The summed E-state index contributed by atoms with van der Waals surface area (Å²) in [7, 11) is 0. The highest BCUT2D eigenvalue weighted by atomic mass is 19.1. The molecule has 9 nitrogen and oxygen atoms in total. The number of hydrogen-bond acceptors (Lipinski definition) is 8. The van der Waals surface area contributed by atoms with Gasteiger partial charge in [-0.2, -0.15) is 0 Å². The Morgan fingerprint density at radius 1 is 1.16 bits per heavy atom. The molecule has 0 radical (unpaired) electrons. The molecule has 0 saturated carbocycles. The summed E-state index contributed by atoms with van der Waals surface area (Å²) >= 11 is 0. The van der Waals surface area contributed by atoms with Crippen molar-refractivity contribution in [2.45, 2.75) is 40.3 Å². The SMILES string of the molecule is CCNCc1nc(C)ccc1-c1cnc(NCc2c(F)ccc3c2CCO3)n2cnc(C(=O)OCC)c12. The van der Waals surface area contributed by atoms with Crippen LogP contribution in [0, 0.1) is 12.7 Å². The molecule has 0 aliphatic carbocycles. The molecule has 5 rings (SSSR count). The summed E-state index contributed by atoms with van der Waals surface area (Å²) in [5, 5.41) is 6.55. The lowest BCUT2D eigenvalue weighted by Crippen LogP contribution is -2.15. The minimum absolute atomic E-state index is 0.178. The highest BCUT2D eigenvalue weighted by Crippen LogP contribution is 2.33. The number of benzene rings is 1. The fourth-order valence-electron chi connectivity index (χ4n) is 4.60. The van der Waals surface area contributed by atoms with Crippen LogP contribution in [-0.4, -0.2) is 45.1 Å². The molecule has 0 spiro atoms. The molecule has 37 heavy (non-hydrogen) atoms. The average molecular weight is 505 g/mol. The molecule has 2 N–H and O–H groups in total. The molecule has 0 fully saturated rings. The van der Waals surface area contributed by atoms with Gasteiger partial charge in [0.1, 0.15) is 17.9 Å². The van der Waals surface area contributed by atoms with E-state index in [0.717, 1.165) is 29.1 Å². The molecule has 0 atom stereocenters. The van der Waals surface area contributed by atoms with E-state index in [4.69, 9.17) is 14.5 Å². The number of imidazole rings is 1. The van der Waals surface area contributed by atoms with Crippen molar-refractivity contribution in [3.05, 3.63) is 70.8 Å². The maximum absolute atomic E-state index is 14.7. The van der Waals surface area contributed by atoms with Crippen LogP contribution in [0.15, 0.2) is 36.8 Å². The van der Waals surface area contributed by atoms with Gasteiger partial charge >= 0.3 is 5.97 Å². The van der Waals surface area contributed by atoms with Crippen LogP contribution in [0.25, 0.3) is 16.6 Å². The molecular weight excluding hydrogens is 475 g/mol. The number of hydrogen-bond donors (Lipinski definition) is 2. The number of aromatic nitrogens is 4. The molecule has 4 aromatic rings. The highest BCUT2D eigenvalue weighted by Gasteiger charge is 2.24. The summed E-state index contributed by atoms with van der Waals surface area (Å²) in [6, 6.07) is 6.98. The fourth-order valence-corrected chi connectivity index (χ4v) is 4.60. The zero-order valence-electron chi connectivity index (χ0n) is 21.1. The average Bonchev–Trinajstić information content (AvgIpc) is 3.55. The largest absolute Gasteiger partial charge is 0.493 e. The van der Waals surface area contributed by atoms with E-state index in [-0.39, 0.29) is 24.7 Å². The number of nitrogens with one attached hydrogen (secondary N) is 2. The second-order valence-corrected chi connectivity index (χ2v) is 8.71. The summed E-state index contributed by atoms with van der Waals surface area (Å²) in [5.74, 6) is 0.298. The first-order valence-corrected chi connectivity index (χ1v) is 12.4. The molecule has 192 valence electrons. The van der Waals surface area contributed by atoms with Gasteiger partial charge in [-0.15, -0.1) is 0 Å². The minimum atomic E-state index is -0.527. The van der Waals surface area contributed by atoms with E-state index in [2.05, 4.69) is 20.6 Å². The Morgan fingerprint density at radius 2 is 2.03 bits per heavy atom. The van der Waals surface area contributed by atoms with Gasteiger partial charge in [0.15, 0.2) is 5.69 Å². The van der Waals surface area contributed by atoms with Crippen molar-refractivity contribution in [1.29, 1.82) is 0 Å². The summed E-state index contributed by atoms with van der Waals surface area (Å²) in [5.41, 5.74) is 5.38. The van der Waals surface area contributed by atoms with Crippen molar-refractivity contribution < 1.29 is 18.7 Å². The van der Waals surface area contributed by atoms with E-state index >= 15 is 0 Å². The van der Waals surface area contributed by atoms with Crippen LogP contribution in [-0.2, 0) is 24.2 Å². The smallest absolute Gasteiger partial charge is 0.359 e. The second kappa shape index (κ2) is 10.5. The Bertz CT molecular complexity index is 1470. The van der Waals surface area contributed by atoms with E-state index in [1.165, 1.54) is 12.4 Å². The van der Waals surface area contributed by atoms with Crippen molar-refractivity contribution in [3.63, 3.8) is 0 Å². The Hall–Kier alpha value is -4.05. The van der Waals surface area contributed by atoms with Gasteiger partial charge in [0.2, 0.25) is 5.95 Å². The third kappa shape index (κ3) is 4.72. The van der Waals surface area contributed by atoms with Gasteiger partial charge in [-0.3, -0.25) is 9.38 Å². The van der Waals surface area contributed by atoms with Crippen LogP contribution in [0.3, 0.4) is 0 Å². The molecule has 0 bridgehead atoms. The molecule has 0 saturated heterocycles. The minimum Gasteiger partial charge on any atom is -0.493 e. The van der Waals surface area contributed by atoms with Crippen LogP contribution < -0.4 is 15.4 Å². The molecule has 1 aliphatic heterocycles. The quantitative estimate of drug-likeness (QED) is 0.329. The van der Waals surface area contributed by atoms with Gasteiger partial charge in [-0.05, 0) is 38.6 Å². The van der Waals surface area contributed by atoms with Gasteiger partial charge < -0.3 is 20.1 Å². The molecular formula is C27H29FN6O3. The first-order valence-electron chi connectivity index (χ1n) is 12.4. The van der Waals surface area contributed by atoms with Crippen molar-refractivity contribution in [1.82, 2.24) is 24.7 Å². The lowest BCUT2D eigenvalue weighted by molar-refractivity contribution is 0.0522. The van der Waals surface area contributed by atoms with Crippen LogP contribution in [0.1, 0.15) is 46.9 Å². The predicted octanol–water partition coefficient (Wildman–Crippen LogP) is 4.07. The van der Waals surface area contributed by atoms with Gasteiger partial charge in [0, 0.05) is 53.7 Å². The highest BCUT2D eigenvalue weighted by molar-refractivity contribution is 6.00. The number of ether oxygens (including phenoxy) is 2. The number of aryl methyl sites for hydroxylation is 1. The van der Waals surface area contributed by atoms with Crippen molar-refractivity contribution in [2.24, 2.45) is 0 Å². The number of fused-ring (bicyclic) bond motifs is 2. The summed E-state index contributed by atoms with van der Waals surface area (Å²) in [6.07, 6.45) is 3.87. The summed E-state index contributed by atoms with van der Waals surface area (Å²) in [6.45, 7) is 8.02. The molecule has 4 heterocycles. The van der Waals surface area contributed by atoms with Crippen molar-refractivity contribution in [3.8, 4) is 16.9 Å². The van der Waals surface area contributed by atoms with Gasteiger partial charge in [-0.25, -0.2) is 19.2 Å².